The SMILES string of the molecule is COC1C(c2ccc(C(C)(C)C)cc2)C2CC(C)C(CC3C(C)CC4C(c5ccc(C(C)(C)C)cc5)CCCC34)C2CC1C(C)(C)C. The van der Waals surface area contributed by atoms with Crippen molar-refractivity contribution in [1.82, 2.24) is 0 Å². The van der Waals surface area contributed by atoms with Crippen LogP contribution in [0.3, 0.4) is 0 Å². The summed E-state index contributed by atoms with van der Waals surface area (Å²) in [6.07, 6.45) is 10.2. The molecule has 4 aliphatic carbocycles. The van der Waals surface area contributed by atoms with Crippen molar-refractivity contribution < 1.29 is 4.74 Å². The van der Waals surface area contributed by atoms with Crippen LogP contribution in [-0.4, -0.2) is 13.2 Å². The molecule has 0 spiro atoms. The molecule has 1 nitrogen and oxygen atoms in total. The van der Waals surface area contributed by atoms with Gasteiger partial charge >= 0.3 is 0 Å². The first-order chi connectivity index (χ1) is 22.0. The molecule has 6 rings (SSSR count). The molecule has 0 aliphatic heterocycles. The fourth-order valence-corrected chi connectivity index (χ4v) is 12.0. The van der Waals surface area contributed by atoms with Crippen molar-refractivity contribution >= 4 is 0 Å². The van der Waals surface area contributed by atoms with Gasteiger partial charge in [0.05, 0.1) is 6.10 Å². The number of benzene rings is 2. The number of methoxy groups -OCH3 is 1. The molecule has 0 radical (unpaired) electrons. The molecule has 1 heteroatoms. The lowest BCUT2D eigenvalue weighted by Gasteiger charge is -2.51. The van der Waals surface area contributed by atoms with Crippen LogP contribution in [0.5, 0.6) is 0 Å². The van der Waals surface area contributed by atoms with Crippen LogP contribution in [0.1, 0.15) is 155 Å². The Balaban J connectivity index is 1.26. The average molecular weight is 639 g/mol. The van der Waals surface area contributed by atoms with Crippen LogP contribution in [0.15, 0.2) is 48.5 Å². The average Bonchev–Trinajstić information content (AvgIpc) is 3.49. The summed E-state index contributed by atoms with van der Waals surface area (Å²) >= 11 is 0. The third-order valence-corrected chi connectivity index (χ3v) is 14.6. The molecular weight excluding hydrogens is 569 g/mol. The Labute approximate surface area is 290 Å². The van der Waals surface area contributed by atoms with Gasteiger partial charge in [-0.1, -0.05) is 131 Å². The van der Waals surface area contributed by atoms with E-state index in [1.807, 2.05) is 7.11 Å². The van der Waals surface area contributed by atoms with E-state index >= 15 is 0 Å². The number of hydrogen-bond donors (Lipinski definition) is 0. The molecule has 12 unspecified atom stereocenters. The van der Waals surface area contributed by atoms with Crippen molar-refractivity contribution in [3.63, 3.8) is 0 Å². The third kappa shape index (κ3) is 6.79. The normalized spacial score (nSPS) is 37.9. The standard InChI is InChI=1S/C46H70O/c1-28-24-38-34(30-16-20-32(21-17-30)44(3,4)5)14-13-15-35(38)36(28)26-37-29(2)25-40-39(37)27-41(46(9,10)11)43(47-12)42(40)31-18-22-33(23-19-31)45(6,7)8/h16-23,28-29,34-43H,13-15,24-27H2,1-12H3. The second-order valence-electron chi connectivity index (χ2n) is 20.4. The molecule has 0 bridgehead atoms. The highest BCUT2D eigenvalue weighted by molar-refractivity contribution is 5.33. The van der Waals surface area contributed by atoms with Gasteiger partial charge in [0.15, 0.2) is 0 Å². The van der Waals surface area contributed by atoms with Crippen LogP contribution >= 0.6 is 0 Å². The van der Waals surface area contributed by atoms with E-state index in [2.05, 4.69) is 125 Å². The summed E-state index contributed by atoms with van der Waals surface area (Å²) in [7, 11) is 2.01. The molecule has 2 aromatic carbocycles. The third-order valence-electron chi connectivity index (χ3n) is 14.6. The van der Waals surface area contributed by atoms with E-state index in [0.29, 0.717) is 17.9 Å². The van der Waals surface area contributed by atoms with Crippen LogP contribution in [0.25, 0.3) is 0 Å². The predicted molar refractivity (Wildman–Crippen MR) is 201 cm³/mol. The van der Waals surface area contributed by atoms with Crippen molar-refractivity contribution in [3.05, 3.63) is 70.8 Å². The Morgan fingerprint density at radius 2 is 1.11 bits per heavy atom. The van der Waals surface area contributed by atoms with Crippen molar-refractivity contribution in [3.8, 4) is 0 Å². The highest BCUT2D eigenvalue weighted by Gasteiger charge is 2.56. The van der Waals surface area contributed by atoms with Gasteiger partial charge in [-0.15, -0.1) is 0 Å². The predicted octanol–water partition coefficient (Wildman–Crippen LogP) is 12.6. The lowest BCUT2D eigenvalue weighted by molar-refractivity contribution is -0.0758. The Morgan fingerprint density at radius 3 is 1.62 bits per heavy atom. The Kier molecular flexibility index (Phi) is 9.70. The first kappa shape index (κ1) is 35.2. The maximum Gasteiger partial charge on any atom is 0.0675 e. The van der Waals surface area contributed by atoms with Gasteiger partial charge in [0, 0.05) is 13.0 Å². The van der Waals surface area contributed by atoms with Gasteiger partial charge in [-0.3, -0.25) is 0 Å². The van der Waals surface area contributed by atoms with Crippen LogP contribution < -0.4 is 0 Å². The number of fused-ring (bicyclic) bond motifs is 2. The summed E-state index contributed by atoms with van der Waals surface area (Å²) in [5.41, 5.74) is 6.70. The smallest absolute Gasteiger partial charge is 0.0675 e. The highest BCUT2D eigenvalue weighted by Crippen LogP contribution is 2.63. The van der Waals surface area contributed by atoms with Gasteiger partial charge in [0.1, 0.15) is 0 Å². The van der Waals surface area contributed by atoms with E-state index in [4.69, 9.17) is 4.74 Å². The van der Waals surface area contributed by atoms with E-state index < -0.39 is 0 Å². The zero-order valence-electron chi connectivity index (χ0n) is 32.4. The minimum absolute atomic E-state index is 0.180. The van der Waals surface area contributed by atoms with Crippen LogP contribution in [-0.2, 0) is 15.6 Å². The largest absolute Gasteiger partial charge is 0.381 e. The molecule has 4 saturated carbocycles. The molecule has 0 aromatic heterocycles. The first-order valence-electron chi connectivity index (χ1n) is 19.7. The van der Waals surface area contributed by atoms with Crippen molar-refractivity contribution in [2.45, 2.75) is 150 Å². The van der Waals surface area contributed by atoms with Crippen molar-refractivity contribution in [1.29, 1.82) is 0 Å². The van der Waals surface area contributed by atoms with Crippen LogP contribution in [0.2, 0.25) is 0 Å². The topological polar surface area (TPSA) is 9.23 Å². The Bertz CT molecular complexity index is 1330. The summed E-state index contributed by atoms with van der Waals surface area (Å²) in [6, 6.07) is 19.7. The fourth-order valence-electron chi connectivity index (χ4n) is 12.0. The van der Waals surface area contributed by atoms with Gasteiger partial charge in [0.25, 0.3) is 0 Å². The molecular formula is C46H70O. The Morgan fingerprint density at radius 1 is 0.596 bits per heavy atom. The lowest BCUT2D eigenvalue weighted by Crippen LogP contribution is -2.47. The summed E-state index contributed by atoms with van der Waals surface area (Å²) in [5.74, 6) is 8.53. The van der Waals surface area contributed by atoms with Gasteiger partial charge in [-0.2, -0.15) is 0 Å². The summed E-state index contributed by atoms with van der Waals surface area (Å²) in [4.78, 5) is 0. The zero-order valence-corrected chi connectivity index (χ0v) is 32.4. The fraction of sp³-hybridized carbons (Fsp3) is 0.739. The summed E-state index contributed by atoms with van der Waals surface area (Å²) in [5, 5.41) is 0. The summed E-state index contributed by atoms with van der Waals surface area (Å²) in [6.45, 7) is 26.7. The van der Waals surface area contributed by atoms with Gasteiger partial charge in [0.2, 0.25) is 0 Å². The molecule has 12 atom stereocenters. The lowest BCUT2D eigenvalue weighted by atomic mass is 9.57. The second-order valence-corrected chi connectivity index (χ2v) is 20.4. The quantitative estimate of drug-likeness (QED) is 0.317. The van der Waals surface area contributed by atoms with Crippen LogP contribution in [0, 0.1) is 58.7 Å². The highest BCUT2D eigenvalue weighted by atomic mass is 16.5. The summed E-state index contributed by atoms with van der Waals surface area (Å²) < 4.78 is 6.57. The van der Waals surface area contributed by atoms with Crippen LogP contribution in [0.4, 0.5) is 0 Å². The molecule has 4 fully saturated rings. The van der Waals surface area contributed by atoms with Gasteiger partial charge in [-0.25, -0.2) is 0 Å². The number of rotatable bonds is 5. The number of hydrogen-bond acceptors (Lipinski definition) is 1. The van der Waals surface area contributed by atoms with E-state index in [1.165, 1.54) is 61.6 Å². The minimum atomic E-state index is 0.180. The molecule has 47 heavy (non-hydrogen) atoms. The van der Waals surface area contributed by atoms with E-state index in [1.54, 1.807) is 5.56 Å². The molecule has 0 N–H and O–H groups in total. The molecule has 260 valence electrons. The molecule has 0 saturated heterocycles. The molecule has 0 heterocycles. The molecule has 0 amide bonds. The first-order valence-corrected chi connectivity index (χ1v) is 19.7. The number of ether oxygens (including phenoxy) is 1. The maximum absolute atomic E-state index is 6.57. The monoisotopic (exact) mass is 639 g/mol. The minimum Gasteiger partial charge on any atom is -0.381 e. The Hall–Kier alpha value is -1.60. The zero-order chi connectivity index (χ0) is 34.1. The van der Waals surface area contributed by atoms with Crippen molar-refractivity contribution in [2.24, 2.45) is 58.7 Å². The van der Waals surface area contributed by atoms with E-state index in [-0.39, 0.29) is 16.2 Å². The van der Waals surface area contributed by atoms with E-state index in [0.717, 1.165) is 53.3 Å². The van der Waals surface area contributed by atoms with Crippen molar-refractivity contribution in [2.75, 3.05) is 7.11 Å². The molecule has 4 aliphatic rings. The van der Waals surface area contributed by atoms with Gasteiger partial charge in [-0.05, 0) is 136 Å². The van der Waals surface area contributed by atoms with Gasteiger partial charge < -0.3 is 4.74 Å². The second kappa shape index (κ2) is 12.9. The maximum atomic E-state index is 6.57. The molecule has 2 aromatic rings. The van der Waals surface area contributed by atoms with E-state index in [9.17, 15) is 0 Å².